The Labute approximate surface area is 163 Å². The van der Waals surface area contributed by atoms with Crippen LogP contribution >= 0.6 is 12.6 Å². The van der Waals surface area contributed by atoms with Crippen molar-refractivity contribution in [1.82, 2.24) is 0 Å². The van der Waals surface area contributed by atoms with E-state index < -0.39 is 10.1 Å². The molecule has 2 aliphatic rings. The summed E-state index contributed by atoms with van der Waals surface area (Å²) < 4.78 is 29.1. The Morgan fingerprint density at radius 2 is 1.62 bits per heavy atom. The van der Waals surface area contributed by atoms with Gasteiger partial charge in [-0.25, -0.2) is 0 Å². The van der Waals surface area contributed by atoms with Crippen LogP contribution in [0.5, 0.6) is 0 Å². The van der Waals surface area contributed by atoms with Crippen LogP contribution in [0.3, 0.4) is 0 Å². The summed E-state index contributed by atoms with van der Waals surface area (Å²) in [7, 11) is -3.58. The lowest BCUT2D eigenvalue weighted by Crippen LogP contribution is -2.18. The van der Waals surface area contributed by atoms with E-state index in [1.807, 2.05) is 6.92 Å². The number of carbonyl (C=O) groups is 1. The predicted molar refractivity (Wildman–Crippen MR) is 107 cm³/mol. The molecule has 0 bridgehead atoms. The van der Waals surface area contributed by atoms with Crippen molar-refractivity contribution < 1.29 is 17.4 Å². The lowest BCUT2D eigenvalue weighted by molar-refractivity contribution is -0.119. The van der Waals surface area contributed by atoms with Crippen molar-refractivity contribution in [1.29, 1.82) is 0 Å². The summed E-state index contributed by atoms with van der Waals surface area (Å²) in [6.45, 7) is 2.26. The largest absolute Gasteiger partial charge is 0.298 e. The second-order valence-corrected chi connectivity index (χ2v) is 9.52. The maximum absolute atomic E-state index is 12.0. The fraction of sp³-hybridized carbons (Fsp3) is 0.650. The van der Waals surface area contributed by atoms with E-state index in [-0.39, 0.29) is 10.1 Å². The first kappa shape index (κ1) is 21.5. The smallest absolute Gasteiger partial charge is 0.296 e. The molecule has 0 saturated heterocycles. The van der Waals surface area contributed by atoms with Gasteiger partial charge in [0.1, 0.15) is 5.78 Å². The van der Waals surface area contributed by atoms with E-state index in [9.17, 15) is 13.2 Å². The van der Waals surface area contributed by atoms with Crippen molar-refractivity contribution in [2.24, 2.45) is 5.92 Å². The van der Waals surface area contributed by atoms with Crippen molar-refractivity contribution in [3.05, 3.63) is 29.8 Å². The van der Waals surface area contributed by atoms with E-state index in [4.69, 9.17) is 4.18 Å². The zero-order valence-corrected chi connectivity index (χ0v) is 17.2. The average Bonchev–Trinajstić information content (AvgIpc) is 2.64. The molecular formula is C20H30O4S2. The number of benzene rings is 1. The third kappa shape index (κ3) is 7.05. The van der Waals surface area contributed by atoms with Gasteiger partial charge in [-0.2, -0.15) is 21.0 Å². The number of rotatable bonds is 4. The Kier molecular flexibility index (Phi) is 8.64. The molecule has 0 radical (unpaired) electrons. The van der Waals surface area contributed by atoms with E-state index in [1.165, 1.54) is 25.7 Å². The summed E-state index contributed by atoms with van der Waals surface area (Å²) in [5.74, 6) is 0.735. The second-order valence-electron chi connectivity index (χ2n) is 7.28. The van der Waals surface area contributed by atoms with Crippen LogP contribution in [-0.2, 0) is 19.1 Å². The lowest BCUT2D eigenvalue weighted by Gasteiger charge is -2.20. The summed E-state index contributed by atoms with van der Waals surface area (Å²) in [6, 6.07) is 6.78. The van der Waals surface area contributed by atoms with Crippen LogP contribution in [0.4, 0.5) is 0 Å². The molecule has 6 heteroatoms. The first-order valence-corrected chi connectivity index (χ1v) is 11.5. The minimum absolute atomic E-state index is 0.0590. The van der Waals surface area contributed by atoms with E-state index in [1.54, 1.807) is 24.3 Å². The molecule has 0 aliphatic heterocycles. The zero-order chi connectivity index (χ0) is 19.0. The van der Waals surface area contributed by atoms with E-state index in [0.29, 0.717) is 18.3 Å². The quantitative estimate of drug-likeness (QED) is 0.589. The summed E-state index contributed by atoms with van der Waals surface area (Å²) in [4.78, 5) is 11.0. The molecule has 1 unspecified atom stereocenters. The lowest BCUT2D eigenvalue weighted by atomic mass is 9.90. The average molecular weight is 399 g/mol. The van der Waals surface area contributed by atoms with Gasteiger partial charge >= 0.3 is 0 Å². The SMILES string of the molecule is Cc1ccc(S(=O)(=O)OCC2CCCCC2)cc1.O=C1CCCCC1S. The Hall–Kier alpha value is -0.850. The van der Waals surface area contributed by atoms with Gasteiger partial charge in [0, 0.05) is 6.42 Å². The van der Waals surface area contributed by atoms with Gasteiger partial charge in [0.2, 0.25) is 0 Å². The molecule has 0 heterocycles. The highest BCUT2D eigenvalue weighted by molar-refractivity contribution is 7.86. The fourth-order valence-electron chi connectivity index (χ4n) is 3.28. The van der Waals surface area contributed by atoms with Gasteiger partial charge in [-0.1, -0.05) is 43.4 Å². The van der Waals surface area contributed by atoms with Crippen LogP contribution in [0.15, 0.2) is 29.2 Å². The van der Waals surface area contributed by atoms with Crippen LogP contribution < -0.4 is 0 Å². The fourth-order valence-corrected chi connectivity index (χ4v) is 4.57. The number of Topliss-reactive ketones (excluding diaryl/α,β-unsaturated/α-hetero) is 1. The van der Waals surface area contributed by atoms with Crippen LogP contribution in [0.1, 0.15) is 63.4 Å². The molecule has 2 aliphatic carbocycles. The van der Waals surface area contributed by atoms with Crippen molar-refractivity contribution in [2.45, 2.75) is 74.9 Å². The van der Waals surface area contributed by atoms with E-state index >= 15 is 0 Å². The van der Waals surface area contributed by atoms with Crippen LogP contribution in [0, 0.1) is 12.8 Å². The first-order chi connectivity index (χ1) is 12.4. The molecule has 0 spiro atoms. The normalized spacial score (nSPS) is 21.8. The molecule has 1 aromatic rings. The van der Waals surface area contributed by atoms with Gasteiger partial charge in [-0.15, -0.1) is 0 Å². The number of carbonyl (C=O) groups excluding carboxylic acids is 1. The zero-order valence-electron chi connectivity index (χ0n) is 15.5. The molecular weight excluding hydrogens is 368 g/mol. The van der Waals surface area contributed by atoms with Crippen molar-refractivity contribution >= 4 is 28.5 Å². The molecule has 2 fully saturated rings. The molecule has 0 aromatic heterocycles. The molecule has 0 N–H and O–H groups in total. The number of aryl methyl sites for hydroxylation is 1. The maximum Gasteiger partial charge on any atom is 0.296 e. The van der Waals surface area contributed by atoms with Gasteiger partial charge in [-0.05, 0) is 50.7 Å². The minimum atomic E-state index is -3.58. The third-order valence-corrected chi connectivity index (χ3v) is 6.86. The molecule has 1 atom stereocenters. The van der Waals surface area contributed by atoms with Crippen molar-refractivity contribution in [3.63, 3.8) is 0 Å². The highest BCUT2D eigenvalue weighted by atomic mass is 32.2. The number of ketones is 1. The topological polar surface area (TPSA) is 60.4 Å². The van der Waals surface area contributed by atoms with Gasteiger partial charge in [-0.3, -0.25) is 8.98 Å². The Morgan fingerprint density at radius 3 is 2.15 bits per heavy atom. The van der Waals surface area contributed by atoms with Gasteiger partial charge < -0.3 is 0 Å². The van der Waals surface area contributed by atoms with E-state index in [0.717, 1.165) is 37.7 Å². The number of hydrogen-bond donors (Lipinski definition) is 1. The summed E-state index contributed by atoms with van der Waals surface area (Å²) in [5.41, 5.74) is 1.04. The predicted octanol–water partition coefficient (Wildman–Crippen LogP) is 4.71. The molecule has 0 amide bonds. The van der Waals surface area contributed by atoms with Gasteiger partial charge in [0.05, 0.1) is 16.8 Å². The number of hydrogen-bond acceptors (Lipinski definition) is 5. The Bertz CT molecular complexity index is 662. The first-order valence-electron chi connectivity index (χ1n) is 9.55. The monoisotopic (exact) mass is 398 g/mol. The van der Waals surface area contributed by atoms with Crippen molar-refractivity contribution in [3.8, 4) is 0 Å². The van der Waals surface area contributed by atoms with E-state index in [2.05, 4.69) is 12.6 Å². The Balaban J connectivity index is 0.000000254. The molecule has 3 rings (SSSR count). The van der Waals surface area contributed by atoms with Crippen LogP contribution in [-0.4, -0.2) is 26.1 Å². The molecule has 2 saturated carbocycles. The second kappa shape index (κ2) is 10.5. The van der Waals surface area contributed by atoms with Crippen molar-refractivity contribution in [2.75, 3.05) is 6.61 Å². The summed E-state index contributed by atoms with van der Waals surface area (Å²) >= 11 is 4.11. The summed E-state index contributed by atoms with van der Waals surface area (Å²) in [6.07, 6.45) is 9.83. The highest BCUT2D eigenvalue weighted by Crippen LogP contribution is 2.25. The van der Waals surface area contributed by atoms with Crippen LogP contribution in [0.25, 0.3) is 0 Å². The molecule has 26 heavy (non-hydrogen) atoms. The summed E-state index contributed by atoms with van der Waals surface area (Å²) in [5, 5.41) is 0.0590. The van der Waals surface area contributed by atoms with Gasteiger partial charge in [0.15, 0.2) is 0 Å². The Morgan fingerprint density at radius 1 is 1.00 bits per heavy atom. The molecule has 1 aromatic carbocycles. The standard InChI is InChI=1S/C14H20O3S.C6H10OS/c1-12-7-9-14(10-8-12)18(15,16)17-11-13-5-3-2-4-6-13;7-5-3-1-2-4-6(5)8/h7-10,13H,2-6,11H2,1H3;6,8H,1-4H2. The maximum atomic E-state index is 12.0. The number of thiol groups is 1. The third-order valence-electron chi connectivity index (χ3n) is 5.02. The van der Waals surface area contributed by atoms with Crippen LogP contribution in [0.2, 0.25) is 0 Å². The minimum Gasteiger partial charge on any atom is -0.298 e. The van der Waals surface area contributed by atoms with Gasteiger partial charge in [0.25, 0.3) is 10.1 Å². The highest BCUT2D eigenvalue weighted by Gasteiger charge is 2.20. The molecule has 4 nitrogen and oxygen atoms in total. The molecule has 146 valence electrons.